The van der Waals surface area contributed by atoms with Gasteiger partial charge in [0.1, 0.15) is 0 Å². The van der Waals surface area contributed by atoms with Gasteiger partial charge in [-0.1, -0.05) is 39.0 Å². The third-order valence-electron chi connectivity index (χ3n) is 2.99. The van der Waals surface area contributed by atoms with Gasteiger partial charge in [0.15, 0.2) is 0 Å². The van der Waals surface area contributed by atoms with E-state index in [4.69, 9.17) is 0 Å². The molecule has 0 aliphatic rings. The molecule has 0 saturated carbocycles. The van der Waals surface area contributed by atoms with Crippen LogP contribution in [0.4, 0.5) is 5.69 Å². The lowest BCUT2D eigenvalue weighted by atomic mass is 10.0. The molecule has 0 saturated heterocycles. The first-order valence-corrected chi connectivity index (χ1v) is 6.62. The molecule has 0 amide bonds. The Morgan fingerprint density at radius 1 is 1.18 bits per heavy atom. The second-order valence-corrected chi connectivity index (χ2v) is 4.92. The Labute approximate surface area is 105 Å². The van der Waals surface area contributed by atoms with E-state index in [1.807, 2.05) is 25.1 Å². The van der Waals surface area contributed by atoms with E-state index in [1.165, 1.54) is 5.69 Å². The highest BCUT2D eigenvalue weighted by molar-refractivity contribution is 5.54. The van der Waals surface area contributed by atoms with Gasteiger partial charge in [-0.15, -0.1) is 0 Å². The van der Waals surface area contributed by atoms with E-state index in [0.717, 1.165) is 25.1 Å². The maximum atomic E-state index is 10.1. The fourth-order valence-corrected chi connectivity index (χ4v) is 2.12. The number of anilines is 1. The number of hydrogen-bond donors (Lipinski definition) is 1. The maximum absolute atomic E-state index is 10.1. The molecule has 0 aromatic heterocycles. The molecule has 0 radical (unpaired) electrons. The average Bonchev–Trinajstić information content (AvgIpc) is 2.34. The van der Waals surface area contributed by atoms with E-state index in [9.17, 15) is 5.11 Å². The molecular weight excluding hydrogens is 210 g/mol. The van der Waals surface area contributed by atoms with E-state index in [1.54, 1.807) is 0 Å². The molecule has 2 nitrogen and oxygen atoms in total. The van der Waals surface area contributed by atoms with Crippen molar-refractivity contribution in [3.05, 3.63) is 29.8 Å². The van der Waals surface area contributed by atoms with Gasteiger partial charge in [-0.25, -0.2) is 0 Å². The summed E-state index contributed by atoms with van der Waals surface area (Å²) in [4.78, 5) is 2.35. The van der Waals surface area contributed by atoms with Crippen LogP contribution in [0.3, 0.4) is 0 Å². The number of benzene rings is 1. The Hall–Kier alpha value is -1.02. The molecule has 2 heteroatoms. The van der Waals surface area contributed by atoms with E-state index in [2.05, 4.69) is 31.7 Å². The van der Waals surface area contributed by atoms with Crippen LogP contribution < -0.4 is 4.90 Å². The summed E-state index contributed by atoms with van der Waals surface area (Å²) < 4.78 is 0. The van der Waals surface area contributed by atoms with Gasteiger partial charge in [-0.2, -0.15) is 0 Å². The number of aliphatic hydroxyl groups excluding tert-OH is 1. The highest BCUT2D eigenvalue weighted by Crippen LogP contribution is 2.28. The van der Waals surface area contributed by atoms with Gasteiger partial charge < -0.3 is 10.0 Å². The second kappa shape index (κ2) is 6.65. The van der Waals surface area contributed by atoms with Crippen LogP contribution in [-0.4, -0.2) is 18.2 Å². The predicted molar refractivity (Wildman–Crippen MR) is 74.4 cm³/mol. The van der Waals surface area contributed by atoms with Crippen molar-refractivity contribution in [2.75, 3.05) is 18.0 Å². The highest BCUT2D eigenvalue weighted by Gasteiger charge is 2.15. The van der Waals surface area contributed by atoms with Gasteiger partial charge in [-0.3, -0.25) is 0 Å². The first-order chi connectivity index (χ1) is 8.10. The van der Waals surface area contributed by atoms with Crippen LogP contribution in [0.2, 0.25) is 0 Å². The summed E-state index contributed by atoms with van der Waals surface area (Å²) in [7, 11) is 0. The number of aliphatic hydroxyl groups is 1. The lowest BCUT2D eigenvalue weighted by Crippen LogP contribution is -2.28. The summed E-state index contributed by atoms with van der Waals surface area (Å²) in [5.41, 5.74) is 2.23. The predicted octanol–water partition coefficient (Wildman–Crippen LogP) is 3.61. The van der Waals surface area contributed by atoms with Crippen LogP contribution in [0.25, 0.3) is 0 Å². The molecular formula is C15H25NO. The fourth-order valence-electron chi connectivity index (χ4n) is 2.12. The molecule has 0 heterocycles. The van der Waals surface area contributed by atoms with Gasteiger partial charge in [0.25, 0.3) is 0 Å². The van der Waals surface area contributed by atoms with Gasteiger partial charge in [0, 0.05) is 24.3 Å². The van der Waals surface area contributed by atoms with Crippen LogP contribution in [0.1, 0.15) is 45.8 Å². The van der Waals surface area contributed by atoms with Crippen LogP contribution in [0, 0.1) is 5.92 Å². The second-order valence-electron chi connectivity index (χ2n) is 4.92. The van der Waals surface area contributed by atoms with Crippen molar-refractivity contribution in [1.82, 2.24) is 0 Å². The van der Waals surface area contributed by atoms with E-state index >= 15 is 0 Å². The van der Waals surface area contributed by atoms with Crippen molar-refractivity contribution in [2.24, 2.45) is 5.92 Å². The third-order valence-corrected chi connectivity index (χ3v) is 2.99. The molecule has 1 atom stereocenters. The van der Waals surface area contributed by atoms with E-state index < -0.39 is 0 Å². The zero-order chi connectivity index (χ0) is 12.8. The molecule has 1 aromatic carbocycles. The summed E-state index contributed by atoms with van der Waals surface area (Å²) in [6.07, 6.45) is 0.406. The van der Waals surface area contributed by atoms with Crippen LogP contribution in [0.5, 0.6) is 0 Å². The Balaban J connectivity index is 3.01. The molecule has 0 aliphatic heterocycles. The van der Waals surface area contributed by atoms with E-state index in [0.29, 0.717) is 5.92 Å². The summed E-state index contributed by atoms with van der Waals surface area (Å²) in [5, 5.41) is 10.1. The normalized spacial score (nSPS) is 12.8. The Kier molecular flexibility index (Phi) is 5.49. The van der Waals surface area contributed by atoms with Gasteiger partial charge in [0.2, 0.25) is 0 Å². The lowest BCUT2D eigenvalue weighted by molar-refractivity contribution is 0.174. The average molecular weight is 235 g/mol. The Morgan fingerprint density at radius 3 is 2.35 bits per heavy atom. The first kappa shape index (κ1) is 14.0. The SMILES string of the molecule is CC[C@@H](O)c1ccccc1N(CC)CC(C)C. The molecule has 1 rings (SSSR count). The lowest BCUT2D eigenvalue weighted by Gasteiger charge is -2.28. The van der Waals surface area contributed by atoms with Crippen LogP contribution in [-0.2, 0) is 0 Å². The van der Waals surface area contributed by atoms with Crippen molar-refractivity contribution in [3.63, 3.8) is 0 Å². The third kappa shape index (κ3) is 3.74. The molecule has 0 aliphatic carbocycles. The molecule has 0 fully saturated rings. The maximum Gasteiger partial charge on any atom is 0.0807 e. The zero-order valence-corrected chi connectivity index (χ0v) is 11.5. The van der Waals surface area contributed by atoms with Gasteiger partial charge >= 0.3 is 0 Å². The Bertz CT molecular complexity index is 335. The van der Waals surface area contributed by atoms with Crippen LogP contribution in [0.15, 0.2) is 24.3 Å². The van der Waals surface area contributed by atoms with Crippen molar-refractivity contribution in [3.8, 4) is 0 Å². The quantitative estimate of drug-likeness (QED) is 0.814. The summed E-state index contributed by atoms with van der Waals surface area (Å²) >= 11 is 0. The number of rotatable bonds is 6. The molecule has 17 heavy (non-hydrogen) atoms. The minimum absolute atomic E-state index is 0.354. The molecule has 0 unspecified atom stereocenters. The molecule has 1 aromatic rings. The number of para-hydroxylation sites is 1. The van der Waals surface area contributed by atoms with Crippen LogP contribution >= 0.6 is 0 Å². The highest BCUT2D eigenvalue weighted by atomic mass is 16.3. The van der Waals surface area contributed by atoms with Crippen molar-refractivity contribution >= 4 is 5.69 Å². The molecule has 0 spiro atoms. The Morgan fingerprint density at radius 2 is 1.82 bits per heavy atom. The van der Waals surface area contributed by atoms with Crippen molar-refractivity contribution in [2.45, 2.75) is 40.2 Å². The largest absolute Gasteiger partial charge is 0.388 e. The topological polar surface area (TPSA) is 23.5 Å². The molecule has 1 N–H and O–H groups in total. The summed E-state index contributed by atoms with van der Waals surface area (Å²) in [5.74, 6) is 0.627. The first-order valence-electron chi connectivity index (χ1n) is 6.62. The zero-order valence-electron chi connectivity index (χ0n) is 11.5. The minimum Gasteiger partial charge on any atom is -0.388 e. The number of nitrogens with zero attached hydrogens (tertiary/aromatic N) is 1. The smallest absolute Gasteiger partial charge is 0.0807 e. The minimum atomic E-state index is -0.354. The monoisotopic (exact) mass is 235 g/mol. The number of hydrogen-bond acceptors (Lipinski definition) is 2. The van der Waals surface area contributed by atoms with E-state index in [-0.39, 0.29) is 6.10 Å². The van der Waals surface area contributed by atoms with Crippen molar-refractivity contribution < 1.29 is 5.11 Å². The fraction of sp³-hybridized carbons (Fsp3) is 0.600. The van der Waals surface area contributed by atoms with Gasteiger partial charge in [0.05, 0.1) is 6.10 Å². The standard InChI is InChI=1S/C15H25NO/c1-5-15(17)13-9-7-8-10-14(13)16(6-2)11-12(3)4/h7-10,12,15,17H,5-6,11H2,1-4H3/t15-/m1/s1. The summed E-state index contributed by atoms with van der Waals surface area (Å²) in [6, 6.07) is 8.19. The van der Waals surface area contributed by atoms with Crippen molar-refractivity contribution in [1.29, 1.82) is 0 Å². The molecule has 0 bridgehead atoms. The van der Waals surface area contributed by atoms with Gasteiger partial charge in [-0.05, 0) is 25.3 Å². The molecule has 96 valence electrons. The summed E-state index contributed by atoms with van der Waals surface area (Å²) in [6.45, 7) is 10.6.